The maximum atomic E-state index is 14.0. The number of morpholine rings is 1. The Labute approximate surface area is 232 Å². The molecule has 39 heavy (non-hydrogen) atoms. The molecule has 0 saturated carbocycles. The molecular formula is C30H31ClFN3O4. The van der Waals surface area contributed by atoms with Crippen LogP contribution in [0.5, 0.6) is 5.75 Å². The van der Waals surface area contributed by atoms with Crippen LogP contribution in [-0.4, -0.2) is 67.6 Å². The fraction of sp³-hybridized carbons (Fsp3) is 0.333. The van der Waals surface area contributed by atoms with Gasteiger partial charge in [-0.1, -0.05) is 41.9 Å². The average Bonchev–Trinajstić information content (AvgIpc) is 2.95. The van der Waals surface area contributed by atoms with Gasteiger partial charge < -0.3 is 19.7 Å². The summed E-state index contributed by atoms with van der Waals surface area (Å²) in [6.07, 6.45) is 0. The van der Waals surface area contributed by atoms with Crippen LogP contribution in [0.2, 0.25) is 5.02 Å². The normalized spacial score (nSPS) is 19.5. The Morgan fingerprint density at radius 3 is 2.54 bits per heavy atom. The Morgan fingerprint density at radius 2 is 1.82 bits per heavy atom. The van der Waals surface area contributed by atoms with E-state index < -0.39 is 17.8 Å². The van der Waals surface area contributed by atoms with E-state index in [0.717, 1.165) is 24.7 Å². The van der Waals surface area contributed by atoms with Crippen LogP contribution in [0.4, 0.5) is 10.1 Å². The first-order valence-corrected chi connectivity index (χ1v) is 13.5. The zero-order chi connectivity index (χ0) is 27.4. The minimum atomic E-state index is -0.734. The Morgan fingerprint density at radius 1 is 1.08 bits per heavy atom. The third-order valence-electron chi connectivity index (χ3n) is 7.20. The zero-order valence-electron chi connectivity index (χ0n) is 21.7. The van der Waals surface area contributed by atoms with Crippen LogP contribution in [-0.2, 0) is 9.53 Å². The van der Waals surface area contributed by atoms with Crippen LogP contribution < -0.4 is 10.1 Å². The highest BCUT2D eigenvalue weighted by Crippen LogP contribution is 2.44. The number of hydrogen-bond acceptors (Lipinski definition) is 5. The topological polar surface area (TPSA) is 71.1 Å². The molecule has 0 bridgehead atoms. The fourth-order valence-electron chi connectivity index (χ4n) is 5.29. The molecule has 9 heteroatoms. The lowest BCUT2D eigenvalue weighted by atomic mass is 9.79. The number of benzene rings is 3. The molecule has 0 aliphatic carbocycles. The molecule has 2 aliphatic heterocycles. The number of carbonyl (C=O) groups is 2. The quantitative estimate of drug-likeness (QED) is 0.420. The van der Waals surface area contributed by atoms with Crippen LogP contribution in [0.1, 0.15) is 40.4 Å². The van der Waals surface area contributed by atoms with E-state index in [2.05, 4.69) is 10.2 Å². The van der Waals surface area contributed by atoms with Gasteiger partial charge in [0, 0.05) is 31.7 Å². The van der Waals surface area contributed by atoms with E-state index in [0.29, 0.717) is 55.5 Å². The molecule has 0 unspecified atom stereocenters. The van der Waals surface area contributed by atoms with Gasteiger partial charge >= 0.3 is 0 Å². The molecular weight excluding hydrogens is 521 g/mol. The Bertz CT molecular complexity index is 1330. The van der Waals surface area contributed by atoms with Gasteiger partial charge in [-0.25, -0.2) is 4.39 Å². The number of carbonyl (C=O) groups excluding carboxylic acids is 2. The summed E-state index contributed by atoms with van der Waals surface area (Å²) in [6, 6.07) is 18.0. The van der Waals surface area contributed by atoms with Gasteiger partial charge in [-0.3, -0.25) is 14.5 Å². The summed E-state index contributed by atoms with van der Waals surface area (Å²) in [5.74, 6) is -0.973. The molecule has 2 aliphatic rings. The van der Waals surface area contributed by atoms with Crippen molar-refractivity contribution in [3.63, 3.8) is 0 Å². The lowest BCUT2D eigenvalue weighted by Gasteiger charge is -2.43. The highest BCUT2D eigenvalue weighted by atomic mass is 35.5. The summed E-state index contributed by atoms with van der Waals surface area (Å²) in [6.45, 7) is 6.43. The highest BCUT2D eigenvalue weighted by Gasteiger charge is 2.44. The maximum Gasteiger partial charge on any atom is 0.254 e. The summed E-state index contributed by atoms with van der Waals surface area (Å²) in [5.41, 5.74) is 2.25. The lowest BCUT2D eigenvalue weighted by Crippen LogP contribution is -2.49. The van der Waals surface area contributed by atoms with Crippen LogP contribution in [0, 0.1) is 5.82 Å². The lowest BCUT2D eigenvalue weighted by molar-refractivity contribution is -0.119. The molecule has 2 atom stereocenters. The van der Waals surface area contributed by atoms with E-state index in [1.54, 1.807) is 17.0 Å². The molecule has 1 saturated heterocycles. The van der Waals surface area contributed by atoms with E-state index in [9.17, 15) is 14.0 Å². The van der Waals surface area contributed by atoms with E-state index in [1.807, 2.05) is 43.3 Å². The van der Waals surface area contributed by atoms with Gasteiger partial charge in [0.25, 0.3) is 5.91 Å². The van der Waals surface area contributed by atoms with Gasteiger partial charge in [0.05, 0.1) is 42.5 Å². The Balaban J connectivity index is 1.55. The summed E-state index contributed by atoms with van der Waals surface area (Å²) >= 11 is 6.25. The molecule has 2 amide bonds. The summed E-state index contributed by atoms with van der Waals surface area (Å²) in [4.78, 5) is 32.0. The van der Waals surface area contributed by atoms with Gasteiger partial charge in [0.15, 0.2) is 0 Å². The van der Waals surface area contributed by atoms with Crippen molar-refractivity contribution in [3.8, 4) is 5.75 Å². The largest absolute Gasteiger partial charge is 0.494 e. The third kappa shape index (κ3) is 5.93. The van der Waals surface area contributed by atoms with Crippen molar-refractivity contribution in [1.82, 2.24) is 9.80 Å². The summed E-state index contributed by atoms with van der Waals surface area (Å²) in [5, 5.41) is 3.00. The van der Waals surface area contributed by atoms with Crippen molar-refractivity contribution in [2.45, 2.75) is 18.9 Å². The van der Waals surface area contributed by atoms with Crippen molar-refractivity contribution < 1.29 is 23.5 Å². The number of amides is 2. The first-order valence-electron chi connectivity index (χ1n) is 13.1. The first-order chi connectivity index (χ1) is 19.0. The second-order valence-electron chi connectivity index (χ2n) is 9.58. The summed E-state index contributed by atoms with van der Waals surface area (Å²) < 4.78 is 24.8. The molecule has 0 aromatic heterocycles. The monoisotopic (exact) mass is 551 g/mol. The number of ether oxygens (including phenoxy) is 2. The SMILES string of the molecule is CCOc1ccc([C@H]2[C@H](C(=O)Nc3ccc(F)cc3Cl)c3ccccc3C(=O)N2CCN2CCOCC2)cc1. The molecule has 1 fully saturated rings. The van der Waals surface area contributed by atoms with Gasteiger partial charge in [-0.05, 0) is 54.4 Å². The minimum Gasteiger partial charge on any atom is -0.494 e. The fourth-order valence-corrected chi connectivity index (χ4v) is 5.51. The molecule has 0 spiro atoms. The van der Waals surface area contributed by atoms with Gasteiger partial charge in [-0.15, -0.1) is 0 Å². The van der Waals surface area contributed by atoms with Crippen LogP contribution in [0.25, 0.3) is 0 Å². The van der Waals surface area contributed by atoms with Crippen molar-refractivity contribution in [1.29, 1.82) is 0 Å². The number of hydrogen-bond donors (Lipinski definition) is 1. The molecule has 1 N–H and O–H groups in total. The molecule has 3 aromatic rings. The first kappa shape index (κ1) is 27.1. The zero-order valence-corrected chi connectivity index (χ0v) is 22.5. The number of nitrogens with zero attached hydrogens (tertiary/aromatic N) is 2. The standard InChI is InChI=1S/C30H31ClFN3O4/c1-2-39-22-10-7-20(8-11-22)28-27(29(36)33-26-12-9-21(32)19-25(26)31)23-5-3-4-6-24(23)30(37)35(28)14-13-34-15-17-38-18-16-34/h3-12,19,27-28H,2,13-18H2,1H3,(H,33,36)/t27-,28+/m1/s1. The molecule has 3 aromatic carbocycles. The third-order valence-corrected chi connectivity index (χ3v) is 7.52. The second kappa shape index (κ2) is 12.2. The number of halogens is 2. The maximum absolute atomic E-state index is 14.0. The molecule has 5 rings (SSSR count). The van der Waals surface area contributed by atoms with Crippen molar-refractivity contribution in [3.05, 3.63) is 94.3 Å². The molecule has 204 valence electrons. The van der Waals surface area contributed by atoms with E-state index in [1.165, 1.54) is 12.1 Å². The average molecular weight is 552 g/mol. The Hall–Kier alpha value is -3.46. The second-order valence-corrected chi connectivity index (χ2v) is 9.98. The van der Waals surface area contributed by atoms with Crippen molar-refractivity contribution in [2.75, 3.05) is 51.3 Å². The Kier molecular flexibility index (Phi) is 8.45. The minimum absolute atomic E-state index is 0.102. The molecule has 2 heterocycles. The highest BCUT2D eigenvalue weighted by molar-refractivity contribution is 6.33. The number of anilines is 1. The number of rotatable bonds is 8. The summed E-state index contributed by atoms with van der Waals surface area (Å²) in [7, 11) is 0. The van der Waals surface area contributed by atoms with Gasteiger partial charge in [0.1, 0.15) is 11.6 Å². The van der Waals surface area contributed by atoms with E-state index in [-0.39, 0.29) is 16.8 Å². The predicted molar refractivity (Wildman–Crippen MR) is 148 cm³/mol. The van der Waals surface area contributed by atoms with E-state index >= 15 is 0 Å². The number of fused-ring (bicyclic) bond motifs is 1. The molecule has 7 nitrogen and oxygen atoms in total. The van der Waals surface area contributed by atoms with Crippen molar-refractivity contribution >= 4 is 29.1 Å². The van der Waals surface area contributed by atoms with Crippen molar-refractivity contribution in [2.24, 2.45) is 0 Å². The van der Waals surface area contributed by atoms with Gasteiger partial charge in [-0.2, -0.15) is 0 Å². The molecule has 0 radical (unpaired) electrons. The smallest absolute Gasteiger partial charge is 0.254 e. The number of nitrogens with one attached hydrogen (secondary N) is 1. The van der Waals surface area contributed by atoms with E-state index in [4.69, 9.17) is 21.1 Å². The van der Waals surface area contributed by atoms with Crippen LogP contribution in [0.3, 0.4) is 0 Å². The predicted octanol–water partition coefficient (Wildman–Crippen LogP) is 5.13. The van der Waals surface area contributed by atoms with Gasteiger partial charge in [0.2, 0.25) is 5.91 Å². The van der Waals surface area contributed by atoms with Crippen LogP contribution >= 0.6 is 11.6 Å². The van der Waals surface area contributed by atoms with Crippen LogP contribution in [0.15, 0.2) is 66.7 Å².